The first-order valence-electron chi connectivity index (χ1n) is 8.46. The number of primary amides is 1. The van der Waals surface area contributed by atoms with Crippen LogP contribution in [0.5, 0.6) is 0 Å². The zero-order valence-electron chi connectivity index (χ0n) is 13.7. The number of hydrogen-bond acceptors (Lipinski definition) is 4. The van der Waals surface area contributed by atoms with Gasteiger partial charge in [-0.1, -0.05) is 44.9 Å². The Kier molecular flexibility index (Phi) is 6.19. The predicted molar refractivity (Wildman–Crippen MR) is 85.2 cm³/mol. The molecule has 1 aromatic rings. The lowest BCUT2D eigenvalue weighted by Gasteiger charge is -2.22. The number of nitrogens with zero attached hydrogens (tertiary/aromatic N) is 1. The van der Waals surface area contributed by atoms with Gasteiger partial charge in [0.15, 0.2) is 11.6 Å². The van der Waals surface area contributed by atoms with Crippen LogP contribution >= 0.6 is 0 Å². The van der Waals surface area contributed by atoms with Crippen LogP contribution in [-0.4, -0.2) is 22.0 Å². The van der Waals surface area contributed by atoms with E-state index in [-0.39, 0.29) is 23.8 Å². The second-order valence-corrected chi connectivity index (χ2v) is 6.56. The van der Waals surface area contributed by atoms with Gasteiger partial charge in [-0.3, -0.25) is 4.79 Å². The fourth-order valence-electron chi connectivity index (χ4n) is 3.47. The van der Waals surface area contributed by atoms with Gasteiger partial charge < -0.3 is 15.3 Å². The van der Waals surface area contributed by atoms with E-state index in [9.17, 15) is 9.59 Å². The van der Waals surface area contributed by atoms with E-state index in [0.29, 0.717) is 5.89 Å². The maximum absolute atomic E-state index is 11.3. The number of rotatable bonds is 8. The molecule has 1 aliphatic carbocycles. The molecule has 1 unspecified atom stereocenters. The SMILES string of the molecule is Cc1oc(C(CCCC2CCCCC2)CC(N)=O)nc1C(=O)O. The van der Waals surface area contributed by atoms with Gasteiger partial charge in [-0.2, -0.15) is 0 Å². The van der Waals surface area contributed by atoms with Crippen LogP contribution in [0.2, 0.25) is 0 Å². The summed E-state index contributed by atoms with van der Waals surface area (Å²) in [5, 5.41) is 9.07. The number of hydrogen-bond donors (Lipinski definition) is 2. The average molecular weight is 322 g/mol. The zero-order chi connectivity index (χ0) is 16.8. The van der Waals surface area contributed by atoms with Crippen molar-refractivity contribution in [1.29, 1.82) is 0 Å². The lowest BCUT2D eigenvalue weighted by Crippen LogP contribution is -2.16. The molecule has 0 aliphatic heterocycles. The number of aromatic carboxylic acids is 1. The minimum Gasteiger partial charge on any atom is -0.476 e. The van der Waals surface area contributed by atoms with Gasteiger partial charge in [0.25, 0.3) is 0 Å². The predicted octanol–water partition coefficient (Wildman–Crippen LogP) is 3.39. The monoisotopic (exact) mass is 322 g/mol. The molecule has 1 heterocycles. The standard InChI is InChI=1S/C17H26N2O4/c1-11-15(17(21)22)19-16(23-11)13(10-14(18)20)9-5-8-12-6-3-2-4-7-12/h12-13H,2-10H2,1H3,(H2,18,20)(H,21,22). The maximum Gasteiger partial charge on any atom is 0.358 e. The largest absolute Gasteiger partial charge is 0.476 e. The average Bonchev–Trinajstić information content (AvgIpc) is 2.89. The van der Waals surface area contributed by atoms with Crippen molar-refractivity contribution in [2.75, 3.05) is 0 Å². The first-order chi connectivity index (χ1) is 11.0. The number of carboxylic acids is 1. The lowest BCUT2D eigenvalue weighted by atomic mass is 9.84. The first kappa shape index (κ1) is 17.5. The molecular formula is C17H26N2O4. The van der Waals surface area contributed by atoms with Crippen molar-refractivity contribution in [1.82, 2.24) is 4.98 Å². The summed E-state index contributed by atoms with van der Waals surface area (Å²) in [5.41, 5.74) is 5.24. The van der Waals surface area contributed by atoms with E-state index in [1.54, 1.807) is 6.92 Å². The maximum atomic E-state index is 11.3. The van der Waals surface area contributed by atoms with Gasteiger partial charge in [0.1, 0.15) is 5.76 Å². The van der Waals surface area contributed by atoms with Crippen molar-refractivity contribution < 1.29 is 19.1 Å². The van der Waals surface area contributed by atoms with Crippen LogP contribution in [0, 0.1) is 12.8 Å². The minimum atomic E-state index is -1.11. The van der Waals surface area contributed by atoms with Crippen molar-refractivity contribution >= 4 is 11.9 Å². The molecule has 6 nitrogen and oxygen atoms in total. The van der Waals surface area contributed by atoms with Crippen LogP contribution in [0.15, 0.2) is 4.42 Å². The van der Waals surface area contributed by atoms with Gasteiger partial charge in [0.05, 0.1) is 0 Å². The molecule has 1 amide bonds. The van der Waals surface area contributed by atoms with Gasteiger partial charge in [-0.05, 0) is 19.3 Å². The Morgan fingerprint density at radius 1 is 1.35 bits per heavy atom. The van der Waals surface area contributed by atoms with E-state index < -0.39 is 11.9 Å². The highest BCUT2D eigenvalue weighted by Crippen LogP contribution is 2.31. The molecule has 3 N–H and O–H groups in total. The highest BCUT2D eigenvalue weighted by molar-refractivity contribution is 5.86. The summed E-state index contributed by atoms with van der Waals surface area (Å²) in [4.78, 5) is 26.5. The molecule has 0 spiro atoms. The third kappa shape index (κ3) is 5.08. The smallest absolute Gasteiger partial charge is 0.358 e. The Bertz CT molecular complexity index is 547. The molecule has 1 aliphatic rings. The molecule has 0 saturated heterocycles. The molecule has 23 heavy (non-hydrogen) atoms. The second-order valence-electron chi connectivity index (χ2n) is 6.56. The van der Waals surface area contributed by atoms with Gasteiger partial charge in [-0.25, -0.2) is 9.78 Å². The Balaban J connectivity index is 1.97. The first-order valence-corrected chi connectivity index (χ1v) is 8.46. The Morgan fingerprint density at radius 3 is 2.61 bits per heavy atom. The molecule has 2 rings (SSSR count). The number of oxazole rings is 1. The Morgan fingerprint density at radius 2 is 2.04 bits per heavy atom. The van der Waals surface area contributed by atoms with E-state index >= 15 is 0 Å². The molecule has 128 valence electrons. The topological polar surface area (TPSA) is 106 Å². The molecule has 1 saturated carbocycles. The van der Waals surface area contributed by atoms with Crippen LogP contribution in [-0.2, 0) is 4.79 Å². The number of carbonyl (C=O) groups excluding carboxylic acids is 1. The summed E-state index contributed by atoms with van der Waals surface area (Å²) in [5.74, 6) is -0.392. The highest BCUT2D eigenvalue weighted by atomic mass is 16.4. The summed E-state index contributed by atoms with van der Waals surface area (Å²) >= 11 is 0. The number of aryl methyl sites for hydroxylation is 1. The van der Waals surface area contributed by atoms with E-state index in [0.717, 1.165) is 25.2 Å². The molecule has 1 fully saturated rings. The van der Waals surface area contributed by atoms with E-state index in [2.05, 4.69) is 4.98 Å². The summed E-state index contributed by atoms with van der Waals surface area (Å²) in [6.07, 6.45) is 9.57. The zero-order valence-corrected chi connectivity index (χ0v) is 13.7. The fraction of sp³-hybridized carbons (Fsp3) is 0.706. The molecular weight excluding hydrogens is 296 g/mol. The highest BCUT2D eigenvalue weighted by Gasteiger charge is 2.24. The molecule has 0 bridgehead atoms. The third-order valence-electron chi connectivity index (χ3n) is 4.70. The van der Waals surface area contributed by atoms with Crippen LogP contribution in [0.3, 0.4) is 0 Å². The number of carbonyl (C=O) groups is 2. The van der Waals surface area contributed by atoms with Crippen molar-refractivity contribution in [2.24, 2.45) is 11.7 Å². The number of carboxylic acid groups (broad SMARTS) is 1. The number of aromatic nitrogens is 1. The minimum absolute atomic E-state index is 0.0817. The molecule has 0 aromatic carbocycles. The van der Waals surface area contributed by atoms with Crippen LogP contribution in [0.25, 0.3) is 0 Å². The number of nitrogens with two attached hydrogens (primary N) is 1. The normalized spacial score (nSPS) is 17.1. The summed E-state index contributed by atoms with van der Waals surface area (Å²) in [7, 11) is 0. The third-order valence-corrected chi connectivity index (χ3v) is 4.70. The van der Waals surface area contributed by atoms with Crippen molar-refractivity contribution in [3.8, 4) is 0 Å². The van der Waals surface area contributed by atoms with Gasteiger partial charge in [0.2, 0.25) is 5.91 Å². The van der Waals surface area contributed by atoms with Crippen molar-refractivity contribution in [3.05, 3.63) is 17.3 Å². The Labute approximate surface area is 136 Å². The van der Waals surface area contributed by atoms with E-state index in [1.807, 2.05) is 0 Å². The quantitative estimate of drug-likeness (QED) is 0.763. The van der Waals surface area contributed by atoms with Crippen LogP contribution < -0.4 is 5.73 Å². The lowest BCUT2D eigenvalue weighted by molar-refractivity contribution is -0.118. The van der Waals surface area contributed by atoms with Crippen LogP contribution in [0.1, 0.15) is 85.8 Å². The van der Waals surface area contributed by atoms with Crippen molar-refractivity contribution in [3.63, 3.8) is 0 Å². The second kappa shape index (κ2) is 8.13. The summed E-state index contributed by atoms with van der Waals surface area (Å²) < 4.78 is 5.48. The van der Waals surface area contributed by atoms with E-state index in [4.69, 9.17) is 15.3 Å². The van der Waals surface area contributed by atoms with Gasteiger partial charge in [0, 0.05) is 12.3 Å². The molecule has 6 heteroatoms. The molecule has 0 radical (unpaired) electrons. The van der Waals surface area contributed by atoms with Crippen LogP contribution in [0.4, 0.5) is 0 Å². The fourth-order valence-corrected chi connectivity index (χ4v) is 3.47. The summed E-state index contributed by atoms with van der Waals surface area (Å²) in [6.45, 7) is 1.57. The number of amides is 1. The van der Waals surface area contributed by atoms with Crippen molar-refractivity contribution in [2.45, 2.75) is 70.6 Å². The van der Waals surface area contributed by atoms with Gasteiger partial charge >= 0.3 is 5.97 Å². The van der Waals surface area contributed by atoms with Gasteiger partial charge in [-0.15, -0.1) is 0 Å². The molecule has 1 atom stereocenters. The molecule has 1 aromatic heterocycles. The summed E-state index contributed by atoms with van der Waals surface area (Å²) in [6, 6.07) is 0. The Hall–Kier alpha value is -1.85. The van der Waals surface area contributed by atoms with E-state index in [1.165, 1.54) is 32.1 Å².